The van der Waals surface area contributed by atoms with Crippen LogP contribution in [0.4, 0.5) is 5.69 Å². The summed E-state index contributed by atoms with van der Waals surface area (Å²) in [6.07, 6.45) is 3.34. The van der Waals surface area contributed by atoms with Gasteiger partial charge in [0, 0.05) is 38.6 Å². The van der Waals surface area contributed by atoms with Crippen LogP contribution in [0.3, 0.4) is 0 Å². The highest BCUT2D eigenvalue weighted by atomic mass is 35.5. The Balaban J connectivity index is 1.60. The smallest absolute Gasteiger partial charge is 0.257 e. The molecule has 0 saturated heterocycles. The van der Waals surface area contributed by atoms with Gasteiger partial charge in [-0.2, -0.15) is 5.10 Å². The molecule has 6 heteroatoms. The summed E-state index contributed by atoms with van der Waals surface area (Å²) in [6.45, 7) is 2.05. The average molecular weight is 367 g/mol. The van der Waals surface area contributed by atoms with Crippen molar-refractivity contribution in [3.63, 3.8) is 0 Å². The number of amides is 1. The lowest BCUT2D eigenvalue weighted by molar-refractivity contribution is 0.0752. The van der Waals surface area contributed by atoms with Crippen LogP contribution in [-0.2, 0) is 6.54 Å². The van der Waals surface area contributed by atoms with Gasteiger partial charge in [0.05, 0.1) is 22.5 Å². The van der Waals surface area contributed by atoms with Gasteiger partial charge in [-0.3, -0.25) is 4.79 Å². The summed E-state index contributed by atoms with van der Waals surface area (Å²) < 4.78 is 1.65. The molecule has 0 saturated carbocycles. The number of para-hydroxylation sites is 2. The van der Waals surface area contributed by atoms with E-state index in [0.29, 0.717) is 23.7 Å². The predicted molar refractivity (Wildman–Crippen MR) is 103 cm³/mol. The minimum atomic E-state index is -0.0200. The van der Waals surface area contributed by atoms with Crippen molar-refractivity contribution in [2.45, 2.75) is 6.54 Å². The van der Waals surface area contributed by atoms with E-state index >= 15 is 0 Å². The molecule has 0 fully saturated rings. The molecule has 2 aromatic carbocycles. The van der Waals surface area contributed by atoms with Crippen molar-refractivity contribution >= 4 is 23.2 Å². The summed E-state index contributed by atoms with van der Waals surface area (Å²) in [4.78, 5) is 17.1. The number of aromatic nitrogens is 2. The molecular formula is C20H19ClN4O. The van der Waals surface area contributed by atoms with Gasteiger partial charge >= 0.3 is 0 Å². The van der Waals surface area contributed by atoms with Gasteiger partial charge in [0.2, 0.25) is 0 Å². The van der Waals surface area contributed by atoms with E-state index < -0.39 is 0 Å². The number of halogens is 1. The minimum absolute atomic E-state index is 0.0200. The van der Waals surface area contributed by atoms with E-state index in [1.807, 2.05) is 41.3 Å². The zero-order chi connectivity index (χ0) is 18.1. The van der Waals surface area contributed by atoms with Gasteiger partial charge in [-0.15, -0.1) is 0 Å². The summed E-state index contributed by atoms with van der Waals surface area (Å²) in [5.41, 5.74) is 3.65. The second-order valence-corrected chi connectivity index (χ2v) is 6.81. The summed E-state index contributed by atoms with van der Waals surface area (Å²) in [7, 11) is 2.06. The third-order valence-corrected chi connectivity index (χ3v) is 5.01. The normalized spacial score (nSPS) is 14.1. The lowest BCUT2D eigenvalue weighted by atomic mass is 10.1. The molecule has 0 aliphatic carbocycles. The summed E-state index contributed by atoms with van der Waals surface area (Å²) in [6, 6.07) is 15.7. The van der Waals surface area contributed by atoms with Gasteiger partial charge in [-0.1, -0.05) is 41.9 Å². The van der Waals surface area contributed by atoms with Gasteiger partial charge in [0.15, 0.2) is 0 Å². The van der Waals surface area contributed by atoms with Gasteiger partial charge in [-0.25, -0.2) is 4.68 Å². The van der Waals surface area contributed by atoms with Crippen LogP contribution in [0, 0.1) is 0 Å². The number of carbonyl (C=O) groups excluding carboxylic acids is 1. The van der Waals surface area contributed by atoms with Crippen molar-refractivity contribution in [3.05, 3.63) is 77.1 Å². The fourth-order valence-electron chi connectivity index (χ4n) is 3.25. The maximum atomic E-state index is 13.0. The molecule has 0 unspecified atom stereocenters. The number of hydrogen-bond acceptors (Lipinski definition) is 3. The van der Waals surface area contributed by atoms with E-state index in [2.05, 4.69) is 29.2 Å². The molecule has 4 rings (SSSR count). The molecule has 2 heterocycles. The molecule has 3 aromatic rings. The molecule has 1 aliphatic heterocycles. The van der Waals surface area contributed by atoms with Crippen molar-refractivity contribution in [3.8, 4) is 5.69 Å². The Labute approximate surface area is 157 Å². The van der Waals surface area contributed by atoms with Crippen LogP contribution in [-0.4, -0.2) is 40.7 Å². The van der Waals surface area contributed by atoms with Gasteiger partial charge in [-0.05, 0) is 23.8 Å². The molecular weight excluding hydrogens is 348 g/mol. The highest BCUT2D eigenvalue weighted by Crippen LogP contribution is 2.25. The molecule has 1 aliphatic rings. The lowest BCUT2D eigenvalue weighted by Crippen LogP contribution is -2.34. The van der Waals surface area contributed by atoms with Crippen molar-refractivity contribution in [2.75, 3.05) is 25.0 Å². The number of benzene rings is 2. The van der Waals surface area contributed by atoms with Gasteiger partial charge < -0.3 is 9.80 Å². The van der Waals surface area contributed by atoms with Crippen LogP contribution in [0.1, 0.15) is 15.9 Å². The molecule has 0 radical (unpaired) electrons. The first kappa shape index (κ1) is 16.7. The zero-order valence-electron chi connectivity index (χ0n) is 14.5. The molecule has 26 heavy (non-hydrogen) atoms. The highest BCUT2D eigenvalue weighted by Gasteiger charge is 2.23. The number of nitrogens with zero attached hydrogens (tertiary/aromatic N) is 4. The second-order valence-electron chi connectivity index (χ2n) is 6.40. The number of hydrogen-bond donors (Lipinski definition) is 0. The number of fused-ring (bicyclic) bond motifs is 1. The molecule has 0 spiro atoms. The second kappa shape index (κ2) is 6.84. The highest BCUT2D eigenvalue weighted by molar-refractivity contribution is 6.32. The van der Waals surface area contributed by atoms with Crippen molar-refractivity contribution in [1.82, 2.24) is 14.7 Å². The Kier molecular flexibility index (Phi) is 4.39. The summed E-state index contributed by atoms with van der Waals surface area (Å²) in [5.74, 6) is -0.0200. The molecule has 0 N–H and O–H groups in total. The van der Waals surface area contributed by atoms with Crippen LogP contribution in [0.25, 0.3) is 5.69 Å². The van der Waals surface area contributed by atoms with E-state index in [4.69, 9.17) is 11.6 Å². The topological polar surface area (TPSA) is 41.4 Å². The SMILES string of the molecule is CN1CCN(C(=O)c2cnn(-c3ccccc3Cl)c2)Cc2ccccc21. The largest absolute Gasteiger partial charge is 0.373 e. The maximum Gasteiger partial charge on any atom is 0.257 e. The standard InChI is InChI=1S/C20H19ClN4O/c1-23-10-11-24(13-15-6-2-4-8-18(15)23)20(26)16-12-22-25(14-16)19-9-5-3-7-17(19)21/h2-9,12,14H,10-11,13H2,1H3. The number of likely N-dealkylation sites (N-methyl/N-ethyl adjacent to an activating group) is 1. The fourth-order valence-corrected chi connectivity index (χ4v) is 3.47. The van der Waals surface area contributed by atoms with E-state index in [-0.39, 0.29) is 5.91 Å². The first-order valence-electron chi connectivity index (χ1n) is 8.51. The molecule has 132 valence electrons. The van der Waals surface area contributed by atoms with Crippen LogP contribution in [0.5, 0.6) is 0 Å². The van der Waals surface area contributed by atoms with E-state index in [9.17, 15) is 4.79 Å². The monoisotopic (exact) mass is 366 g/mol. The number of anilines is 1. The van der Waals surface area contributed by atoms with E-state index in [1.165, 1.54) is 5.69 Å². The van der Waals surface area contributed by atoms with Gasteiger partial charge in [0.1, 0.15) is 0 Å². The zero-order valence-corrected chi connectivity index (χ0v) is 15.2. The van der Waals surface area contributed by atoms with E-state index in [0.717, 1.165) is 17.8 Å². The summed E-state index contributed by atoms with van der Waals surface area (Å²) >= 11 is 6.23. The predicted octanol–water partition coefficient (Wildman–Crippen LogP) is 3.62. The lowest BCUT2D eigenvalue weighted by Gasteiger charge is -2.20. The summed E-state index contributed by atoms with van der Waals surface area (Å²) in [5, 5.41) is 4.92. The number of carbonyl (C=O) groups is 1. The molecule has 1 aromatic heterocycles. The van der Waals surface area contributed by atoms with Crippen molar-refractivity contribution in [1.29, 1.82) is 0 Å². The average Bonchev–Trinajstić information content (AvgIpc) is 3.08. The first-order chi connectivity index (χ1) is 12.6. The molecule has 5 nitrogen and oxygen atoms in total. The quantitative estimate of drug-likeness (QED) is 0.695. The van der Waals surface area contributed by atoms with Crippen LogP contribution in [0.2, 0.25) is 5.02 Å². The van der Waals surface area contributed by atoms with Crippen molar-refractivity contribution in [2.24, 2.45) is 0 Å². The Morgan fingerprint density at radius 3 is 2.58 bits per heavy atom. The van der Waals surface area contributed by atoms with Gasteiger partial charge in [0.25, 0.3) is 5.91 Å². The molecule has 0 atom stereocenters. The Morgan fingerprint density at radius 2 is 1.77 bits per heavy atom. The molecule has 1 amide bonds. The Morgan fingerprint density at radius 1 is 1.04 bits per heavy atom. The third kappa shape index (κ3) is 3.06. The van der Waals surface area contributed by atoms with Crippen molar-refractivity contribution < 1.29 is 4.79 Å². The van der Waals surface area contributed by atoms with Crippen LogP contribution < -0.4 is 4.90 Å². The molecule has 0 bridgehead atoms. The number of rotatable bonds is 2. The maximum absolute atomic E-state index is 13.0. The first-order valence-corrected chi connectivity index (χ1v) is 8.89. The fraction of sp³-hybridized carbons (Fsp3) is 0.200. The van der Waals surface area contributed by atoms with Crippen LogP contribution in [0.15, 0.2) is 60.9 Å². The Bertz CT molecular complexity index is 952. The van der Waals surface area contributed by atoms with Crippen LogP contribution >= 0.6 is 11.6 Å². The van der Waals surface area contributed by atoms with E-state index in [1.54, 1.807) is 17.1 Å². The Hall–Kier alpha value is -2.79. The minimum Gasteiger partial charge on any atom is -0.373 e. The third-order valence-electron chi connectivity index (χ3n) is 4.69.